The van der Waals surface area contributed by atoms with Crippen LogP contribution in [0.15, 0.2) is 64.0 Å². The molecule has 1 N–H and O–H groups in total. The van der Waals surface area contributed by atoms with Crippen LogP contribution >= 0.6 is 15.9 Å². The summed E-state index contributed by atoms with van der Waals surface area (Å²) in [6.45, 7) is 4.69. The monoisotopic (exact) mass is 395 g/mol. The minimum Gasteiger partial charge on any atom is -0.309 e. The van der Waals surface area contributed by atoms with Crippen LogP contribution < -0.4 is 5.32 Å². The van der Waals surface area contributed by atoms with Crippen molar-refractivity contribution in [1.29, 1.82) is 0 Å². The first-order valence-corrected chi connectivity index (χ1v) is 10.1. The summed E-state index contributed by atoms with van der Waals surface area (Å²) in [6.07, 6.45) is 0. The second-order valence-electron chi connectivity index (χ2n) is 5.86. The maximum atomic E-state index is 12.4. The Bertz CT molecular complexity index is 712. The summed E-state index contributed by atoms with van der Waals surface area (Å²) in [6, 6.07) is 17.1. The molecule has 0 aliphatic heterocycles. The SMILES string of the molecule is CC(C)[C@@H](NCCS(=O)(=O)c1ccc(Br)cc1)c1ccccc1. The maximum absolute atomic E-state index is 12.4. The Hall–Kier alpha value is -1.17. The van der Waals surface area contributed by atoms with Crippen LogP contribution in [0.5, 0.6) is 0 Å². The zero-order valence-corrected chi connectivity index (χ0v) is 15.8. The molecule has 0 saturated heterocycles. The summed E-state index contributed by atoms with van der Waals surface area (Å²) in [5.74, 6) is 0.470. The normalized spacial score (nSPS) is 13.2. The number of halogens is 1. The van der Waals surface area contributed by atoms with Gasteiger partial charge in [0.1, 0.15) is 0 Å². The highest BCUT2D eigenvalue weighted by Gasteiger charge is 2.18. The third kappa shape index (κ3) is 5.16. The zero-order chi connectivity index (χ0) is 16.9. The van der Waals surface area contributed by atoms with Gasteiger partial charge >= 0.3 is 0 Å². The molecular weight excluding hydrogens is 374 g/mol. The van der Waals surface area contributed by atoms with Crippen LogP contribution in [0.1, 0.15) is 25.5 Å². The Labute approximate surface area is 147 Å². The van der Waals surface area contributed by atoms with Crippen LogP contribution in [-0.2, 0) is 9.84 Å². The van der Waals surface area contributed by atoms with E-state index in [1.54, 1.807) is 24.3 Å². The predicted octanol–water partition coefficient (Wildman–Crippen LogP) is 4.21. The molecule has 0 aromatic heterocycles. The van der Waals surface area contributed by atoms with E-state index in [4.69, 9.17) is 0 Å². The van der Waals surface area contributed by atoms with E-state index in [0.717, 1.165) is 4.47 Å². The van der Waals surface area contributed by atoms with E-state index < -0.39 is 9.84 Å². The molecule has 0 unspecified atom stereocenters. The van der Waals surface area contributed by atoms with Crippen LogP contribution in [0.4, 0.5) is 0 Å². The Morgan fingerprint density at radius 1 is 1.00 bits per heavy atom. The summed E-state index contributed by atoms with van der Waals surface area (Å²) in [7, 11) is -3.26. The van der Waals surface area contributed by atoms with E-state index in [1.165, 1.54) is 5.56 Å². The van der Waals surface area contributed by atoms with Gasteiger partial charge in [-0.15, -0.1) is 0 Å². The van der Waals surface area contributed by atoms with Crippen LogP contribution in [0.2, 0.25) is 0 Å². The topological polar surface area (TPSA) is 46.2 Å². The molecule has 0 amide bonds. The molecule has 0 heterocycles. The molecule has 2 rings (SSSR count). The molecule has 5 heteroatoms. The minimum atomic E-state index is -3.26. The van der Waals surface area contributed by atoms with Crippen molar-refractivity contribution in [2.45, 2.75) is 24.8 Å². The van der Waals surface area contributed by atoms with Gasteiger partial charge in [0.05, 0.1) is 10.6 Å². The van der Waals surface area contributed by atoms with Gasteiger partial charge in [0.2, 0.25) is 0 Å². The third-order valence-electron chi connectivity index (χ3n) is 3.73. The van der Waals surface area contributed by atoms with E-state index in [1.807, 2.05) is 18.2 Å². The number of nitrogens with one attached hydrogen (secondary N) is 1. The second kappa shape index (κ2) is 8.08. The molecule has 0 saturated carbocycles. The van der Waals surface area contributed by atoms with Crippen molar-refractivity contribution in [3.8, 4) is 0 Å². The quantitative estimate of drug-likeness (QED) is 0.763. The molecule has 0 aliphatic carbocycles. The fourth-order valence-electron chi connectivity index (χ4n) is 2.51. The predicted molar refractivity (Wildman–Crippen MR) is 98.2 cm³/mol. The summed E-state index contributed by atoms with van der Waals surface area (Å²) >= 11 is 3.32. The Balaban J connectivity index is 2.01. The molecule has 0 aliphatic rings. The van der Waals surface area contributed by atoms with Crippen molar-refractivity contribution in [2.75, 3.05) is 12.3 Å². The number of rotatable bonds is 7. The van der Waals surface area contributed by atoms with E-state index in [2.05, 4.69) is 47.2 Å². The summed E-state index contributed by atoms with van der Waals surface area (Å²) in [5, 5.41) is 3.38. The van der Waals surface area contributed by atoms with Gasteiger partial charge in [0, 0.05) is 17.1 Å². The molecule has 2 aromatic carbocycles. The first-order chi connectivity index (χ1) is 10.9. The lowest BCUT2D eigenvalue weighted by Crippen LogP contribution is -2.30. The fourth-order valence-corrected chi connectivity index (χ4v) is 3.94. The first kappa shape index (κ1) is 18.2. The number of benzene rings is 2. The molecular formula is C18H22BrNO2S. The van der Waals surface area contributed by atoms with E-state index in [-0.39, 0.29) is 11.8 Å². The van der Waals surface area contributed by atoms with E-state index in [0.29, 0.717) is 17.4 Å². The lowest BCUT2D eigenvalue weighted by Gasteiger charge is -2.23. The van der Waals surface area contributed by atoms with Gasteiger partial charge in [-0.2, -0.15) is 0 Å². The van der Waals surface area contributed by atoms with Crippen molar-refractivity contribution in [3.63, 3.8) is 0 Å². The molecule has 0 fully saturated rings. The van der Waals surface area contributed by atoms with Crippen molar-refractivity contribution < 1.29 is 8.42 Å². The molecule has 0 spiro atoms. The smallest absolute Gasteiger partial charge is 0.179 e. The number of sulfone groups is 1. The van der Waals surface area contributed by atoms with Crippen LogP contribution in [-0.4, -0.2) is 20.7 Å². The Morgan fingerprint density at radius 2 is 1.61 bits per heavy atom. The molecule has 3 nitrogen and oxygen atoms in total. The number of hydrogen-bond donors (Lipinski definition) is 1. The first-order valence-electron chi connectivity index (χ1n) is 7.67. The van der Waals surface area contributed by atoms with Crippen molar-refractivity contribution >= 4 is 25.8 Å². The van der Waals surface area contributed by atoms with Crippen molar-refractivity contribution in [3.05, 3.63) is 64.6 Å². The summed E-state index contributed by atoms with van der Waals surface area (Å²) in [5.41, 5.74) is 1.18. The van der Waals surface area contributed by atoms with Crippen LogP contribution in [0.25, 0.3) is 0 Å². The van der Waals surface area contributed by atoms with E-state index in [9.17, 15) is 8.42 Å². The molecule has 2 aromatic rings. The lowest BCUT2D eigenvalue weighted by atomic mass is 9.96. The highest BCUT2D eigenvalue weighted by atomic mass is 79.9. The molecule has 124 valence electrons. The third-order valence-corrected chi connectivity index (χ3v) is 5.99. The van der Waals surface area contributed by atoms with Gasteiger partial charge < -0.3 is 5.32 Å². The zero-order valence-electron chi connectivity index (χ0n) is 13.4. The Morgan fingerprint density at radius 3 is 2.17 bits per heavy atom. The molecule has 0 bridgehead atoms. The van der Waals surface area contributed by atoms with E-state index >= 15 is 0 Å². The minimum absolute atomic E-state index is 0.0880. The van der Waals surface area contributed by atoms with Crippen LogP contribution in [0, 0.1) is 5.92 Å². The second-order valence-corrected chi connectivity index (χ2v) is 8.88. The summed E-state index contributed by atoms with van der Waals surface area (Å²) in [4.78, 5) is 0.364. The molecule has 23 heavy (non-hydrogen) atoms. The van der Waals surface area contributed by atoms with Gasteiger partial charge in [-0.1, -0.05) is 60.1 Å². The van der Waals surface area contributed by atoms with Gasteiger partial charge in [0.25, 0.3) is 0 Å². The van der Waals surface area contributed by atoms with Crippen molar-refractivity contribution in [1.82, 2.24) is 5.32 Å². The number of hydrogen-bond acceptors (Lipinski definition) is 3. The largest absolute Gasteiger partial charge is 0.309 e. The van der Waals surface area contributed by atoms with Crippen molar-refractivity contribution in [2.24, 2.45) is 5.92 Å². The van der Waals surface area contributed by atoms with Gasteiger partial charge in [-0.05, 0) is 35.7 Å². The van der Waals surface area contributed by atoms with Gasteiger partial charge in [-0.25, -0.2) is 8.42 Å². The summed E-state index contributed by atoms with van der Waals surface area (Å²) < 4.78 is 25.6. The van der Waals surface area contributed by atoms with Gasteiger partial charge in [-0.3, -0.25) is 0 Å². The lowest BCUT2D eigenvalue weighted by molar-refractivity contribution is 0.421. The average Bonchev–Trinajstić information content (AvgIpc) is 2.52. The molecule has 1 atom stereocenters. The molecule has 0 radical (unpaired) electrons. The highest BCUT2D eigenvalue weighted by Crippen LogP contribution is 2.21. The Kier molecular flexibility index (Phi) is 6.39. The fraction of sp³-hybridized carbons (Fsp3) is 0.333. The van der Waals surface area contributed by atoms with Crippen LogP contribution in [0.3, 0.4) is 0 Å². The maximum Gasteiger partial charge on any atom is 0.179 e. The highest BCUT2D eigenvalue weighted by molar-refractivity contribution is 9.10. The van der Waals surface area contributed by atoms with Gasteiger partial charge in [0.15, 0.2) is 9.84 Å². The standard InChI is InChI=1S/C18H22BrNO2S/c1-14(2)18(15-6-4-3-5-7-15)20-12-13-23(21,22)17-10-8-16(19)9-11-17/h3-11,14,18,20H,12-13H2,1-2H3/t18-/m1/s1. The average molecular weight is 396 g/mol.